The average Bonchev–Trinajstić information content (AvgIpc) is 2.62. The molecule has 0 atom stereocenters. The molecular formula is C20H29N3O5. The van der Waals surface area contributed by atoms with E-state index in [1.54, 1.807) is 39.0 Å². The van der Waals surface area contributed by atoms with Crippen LogP contribution in [-0.4, -0.2) is 34.6 Å². The van der Waals surface area contributed by atoms with Gasteiger partial charge in [-0.2, -0.15) is 0 Å². The first-order valence-corrected chi connectivity index (χ1v) is 9.22. The maximum absolute atomic E-state index is 12.4. The molecular weight excluding hydrogens is 362 g/mol. The number of para-hydroxylation sites is 1. The molecule has 0 aliphatic carbocycles. The molecule has 0 bridgehead atoms. The number of nitrogens with one attached hydrogen (secondary N) is 2. The normalized spacial score (nSPS) is 11.9. The number of hydrogen-bond donors (Lipinski definition) is 2. The zero-order chi connectivity index (χ0) is 21.4. The number of hydrogen-bond acceptors (Lipinski definition) is 5. The van der Waals surface area contributed by atoms with Crippen molar-refractivity contribution in [2.24, 2.45) is 0 Å². The van der Waals surface area contributed by atoms with Gasteiger partial charge in [0.05, 0.1) is 16.0 Å². The van der Waals surface area contributed by atoms with Crippen molar-refractivity contribution in [1.29, 1.82) is 0 Å². The van der Waals surface area contributed by atoms with E-state index in [1.807, 2.05) is 13.8 Å². The predicted molar refractivity (Wildman–Crippen MR) is 108 cm³/mol. The molecule has 0 unspecified atom stereocenters. The highest BCUT2D eigenvalue weighted by molar-refractivity contribution is 5.92. The molecule has 1 rings (SSSR count). The molecule has 154 valence electrons. The number of alkyl carbamates (subject to hydrolysis) is 1. The molecule has 8 heteroatoms. The maximum atomic E-state index is 12.4. The van der Waals surface area contributed by atoms with E-state index in [1.165, 1.54) is 18.2 Å². The molecule has 0 aliphatic rings. The Morgan fingerprint density at radius 2 is 1.79 bits per heavy atom. The van der Waals surface area contributed by atoms with Crippen LogP contribution in [0.3, 0.4) is 0 Å². The highest BCUT2D eigenvalue weighted by atomic mass is 16.6. The third-order valence-electron chi connectivity index (χ3n) is 4.26. The molecule has 2 N–H and O–H groups in total. The third kappa shape index (κ3) is 7.38. The molecule has 0 spiro atoms. The summed E-state index contributed by atoms with van der Waals surface area (Å²) in [5.41, 5.74) is -0.994. The molecule has 0 aliphatic heterocycles. The van der Waals surface area contributed by atoms with Crippen molar-refractivity contribution in [3.05, 3.63) is 46.0 Å². The van der Waals surface area contributed by atoms with Gasteiger partial charge in [0.25, 0.3) is 5.69 Å². The number of nitro benzene ring substituents is 1. The number of amides is 2. The summed E-state index contributed by atoms with van der Waals surface area (Å²) in [5.74, 6) is -0.396. The Labute approximate surface area is 165 Å². The second kappa shape index (κ2) is 9.87. The van der Waals surface area contributed by atoms with E-state index in [0.717, 1.165) is 0 Å². The number of carbonyl (C=O) groups excluding carboxylic acids is 2. The molecule has 0 fully saturated rings. The zero-order valence-electron chi connectivity index (χ0n) is 17.1. The van der Waals surface area contributed by atoms with Crippen LogP contribution in [-0.2, 0) is 9.53 Å². The summed E-state index contributed by atoms with van der Waals surface area (Å²) in [7, 11) is 0. The van der Waals surface area contributed by atoms with Gasteiger partial charge >= 0.3 is 6.09 Å². The van der Waals surface area contributed by atoms with E-state index in [2.05, 4.69) is 10.6 Å². The summed E-state index contributed by atoms with van der Waals surface area (Å²) in [4.78, 5) is 34.9. The van der Waals surface area contributed by atoms with Gasteiger partial charge in [-0.05, 0) is 45.8 Å². The van der Waals surface area contributed by atoms with Gasteiger partial charge in [-0.25, -0.2) is 4.79 Å². The van der Waals surface area contributed by atoms with Gasteiger partial charge in [0.15, 0.2) is 0 Å². The Balaban J connectivity index is 2.81. The maximum Gasteiger partial charge on any atom is 0.407 e. The number of carbonyl (C=O) groups is 2. The second-order valence-corrected chi connectivity index (χ2v) is 7.48. The van der Waals surface area contributed by atoms with Gasteiger partial charge in [0.2, 0.25) is 5.91 Å². The lowest BCUT2D eigenvalue weighted by Gasteiger charge is -2.33. The number of ether oxygens (including phenoxy) is 1. The second-order valence-electron chi connectivity index (χ2n) is 7.48. The highest BCUT2D eigenvalue weighted by Gasteiger charge is 2.29. The number of nitrogens with zero attached hydrogens (tertiary/aromatic N) is 1. The van der Waals surface area contributed by atoms with Crippen LogP contribution in [0, 0.1) is 10.1 Å². The molecule has 1 aromatic carbocycles. The standard InChI is InChI=1S/C20H29N3O5/c1-6-20(7-2,14-21-18(25)28-19(3,4)5)22-17(24)13-12-15-10-8-9-11-16(15)23(26)27/h8-13H,6-7,14H2,1-5H3,(H,21,25)(H,22,24). The lowest BCUT2D eigenvalue weighted by molar-refractivity contribution is -0.385. The molecule has 0 aromatic heterocycles. The van der Waals surface area contributed by atoms with E-state index >= 15 is 0 Å². The average molecular weight is 391 g/mol. The minimum atomic E-state index is -0.652. The van der Waals surface area contributed by atoms with Gasteiger partial charge in [0, 0.05) is 18.7 Å². The Morgan fingerprint density at radius 3 is 2.32 bits per heavy atom. The minimum absolute atomic E-state index is 0.0737. The lowest BCUT2D eigenvalue weighted by Crippen LogP contribution is -2.55. The van der Waals surface area contributed by atoms with Gasteiger partial charge < -0.3 is 15.4 Å². The van der Waals surface area contributed by atoms with Crippen molar-refractivity contribution < 1.29 is 19.2 Å². The Hall–Kier alpha value is -2.90. The molecule has 1 aromatic rings. The van der Waals surface area contributed by atoms with Gasteiger partial charge in [-0.3, -0.25) is 14.9 Å². The molecule has 0 saturated heterocycles. The van der Waals surface area contributed by atoms with E-state index in [-0.39, 0.29) is 12.2 Å². The summed E-state index contributed by atoms with van der Waals surface area (Å²) in [6.07, 6.45) is 3.29. The van der Waals surface area contributed by atoms with E-state index in [4.69, 9.17) is 4.74 Å². The summed E-state index contributed by atoms with van der Waals surface area (Å²) in [5, 5.41) is 16.7. The fraction of sp³-hybridized carbons (Fsp3) is 0.500. The largest absolute Gasteiger partial charge is 0.444 e. The van der Waals surface area contributed by atoms with Crippen molar-refractivity contribution in [3.63, 3.8) is 0 Å². The molecule has 0 heterocycles. The first-order valence-electron chi connectivity index (χ1n) is 9.22. The smallest absolute Gasteiger partial charge is 0.407 e. The van der Waals surface area contributed by atoms with Crippen LogP contribution in [0.1, 0.15) is 53.0 Å². The van der Waals surface area contributed by atoms with Gasteiger partial charge in [0.1, 0.15) is 5.60 Å². The lowest BCUT2D eigenvalue weighted by atomic mass is 9.92. The zero-order valence-corrected chi connectivity index (χ0v) is 17.1. The quantitative estimate of drug-likeness (QED) is 0.398. The molecule has 28 heavy (non-hydrogen) atoms. The summed E-state index contributed by atoms with van der Waals surface area (Å²) >= 11 is 0. The molecule has 0 radical (unpaired) electrons. The third-order valence-corrected chi connectivity index (χ3v) is 4.26. The number of benzene rings is 1. The minimum Gasteiger partial charge on any atom is -0.444 e. The van der Waals surface area contributed by atoms with Crippen molar-refractivity contribution >= 4 is 23.8 Å². The van der Waals surface area contributed by atoms with Crippen LogP contribution >= 0.6 is 0 Å². The van der Waals surface area contributed by atoms with Crippen LogP contribution in [0.5, 0.6) is 0 Å². The molecule has 0 saturated carbocycles. The van der Waals surface area contributed by atoms with E-state index < -0.39 is 28.1 Å². The van der Waals surface area contributed by atoms with E-state index in [9.17, 15) is 19.7 Å². The van der Waals surface area contributed by atoms with Crippen LogP contribution < -0.4 is 10.6 Å². The molecule has 8 nitrogen and oxygen atoms in total. The van der Waals surface area contributed by atoms with Crippen LogP contribution in [0.4, 0.5) is 10.5 Å². The first kappa shape index (κ1) is 23.1. The van der Waals surface area contributed by atoms with Gasteiger partial charge in [-0.15, -0.1) is 0 Å². The number of nitro groups is 1. The Kier molecular flexibility index (Phi) is 8.16. The van der Waals surface area contributed by atoms with Crippen molar-refractivity contribution in [3.8, 4) is 0 Å². The van der Waals surface area contributed by atoms with Crippen molar-refractivity contribution in [2.75, 3.05) is 6.54 Å². The van der Waals surface area contributed by atoms with E-state index in [0.29, 0.717) is 18.4 Å². The summed E-state index contributed by atoms with van der Waals surface area (Å²) < 4.78 is 5.23. The van der Waals surface area contributed by atoms with Crippen molar-refractivity contribution in [1.82, 2.24) is 10.6 Å². The summed E-state index contributed by atoms with van der Waals surface area (Å²) in [6, 6.07) is 6.18. The fourth-order valence-corrected chi connectivity index (χ4v) is 2.54. The van der Waals surface area contributed by atoms with Crippen molar-refractivity contribution in [2.45, 2.75) is 58.6 Å². The fourth-order valence-electron chi connectivity index (χ4n) is 2.54. The Morgan fingerprint density at radius 1 is 1.18 bits per heavy atom. The SMILES string of the molecule is CCC(CC)(CNC(=O)OC(C)(C)C)NC(=O)C=Cc1ccccc1[N+](=O)[O-]. The predicted octanol–water partition coefficient (Wildman–Crippen LogP) is 3.81. The first-order chi connectivity index (χ1) is 13.0. The highest BCUT2D eigenvalue weighted by Crippen LogP contribution is 2.19. The monoisotopic (exact) mass is 391 g/mol. The Bertz CT molecular complexity index is 734. The van der Waals surface area contributed by atoms with Gasteiger partial charge in [-0.1, -0.05) is 26.0 Å². The topological polar surface area (TPSA) is 111 Å². The number of rotatable bonds is 8. The van der Waals surface area contributed by atoms with Crippen LogP contribution in [0.2, 0.25) is 0 Å². The van der Waals surface area contributed by atoms with Crippen LogP contribution in [0.15, 0.2) is 30.3 Å². The summed E-state index contributed by atoms with van der Waals surface area (Å²) in [6.45, 7) is 9.34. The molecule has 2 amide bonds. The van der Waals surface area contributed by atoms with Crippen LogP contribution in [0.25, 0.3) is 6.08 Å².